The summed E-state index contributed by atoms with van der Waals surface area (Å²) >= 11 is 0. The van der Waals surface area contributed by atoms with Crippen LogP contribution in [0, 0.1) is 0 Å². The summed E-state index contributed by atoms with van der Waals surface area (Å²) in [5, 5.41) is 3.35. The Balaban J connectivity index is 1.72. The Morgan fingerprint density at radius 3 is 2.94 bits per heavy atom. The van der Waals surface area contributed by atoms with E-state index >= 15 is 0 Å². The number of hydrogen-bond acceptors (Lipinski definition) is 2. The van der Waals surface area contributed by atoms with Gasteiger partial charge in [-0.25, -0.2) is 0 Å². The zero-order valence-corrected chi connectivity index (χ0v) is 9.41. The van der Waals surface area contributed by atoms with Crippen LogP contribution < -0.4 is 10.1 Å². The van der Waals surface area contributed by atoms with Gasteiger partial charge in [-0.15, -0.1) is 0 Å². The van der Waals surface area contributed by atoms with Crippen molar-refractivity contribution in [2.24, 2.45) is 0 Å². The summed E-state index contributed by atoms with van der Waals surface area (Å²) in [7, 11) is 0. The van der Waals surface area contributed by atoms with Crippen LogP contribution in [-0.2, 0) is 6.42 Å². The standard InChI is InChI=1S/C14H17NO/c1-2-11-4-5-14(10-12(11)3-1)16-13-6-8-15-9-7-13/h1,3-5,10,13,15H,2,6-9H2. The monoisotopic (exact) mass is 215 g/mol. The fourth-order valence-corrected chi connectivity index (χ4v) is 2.41. The summed E-state index contributed by atoms with van der Waals surface area (Å²) in [5.74, 6) is 1.03. The van der Waals surface area contributed by atoms with Crippen molar-refractivity contribution in [1.82, 2.24) is 5.32 Å². The highest BCUT2D eigenvalue weighted by atomic mass is 16.5. The van der Waals surface area contributed by atoms with Crippen molar-refractivity contribution in [3.05, 3.63) is 35.4 Å². The van der Waals surface area contributed by atoms with Gasteiger partial charge in [-0.05, 0) is 55.6 Å². The Bertz CT molecular complexity index is 405. The van der Waals surface area contributed by atoms with Crippen LogP contribution in [0.25, 0.3) is 6.08 Å². The summed E-state index contributed by atoms with van der Waals surface area (Å²) < 4.78 is 6.01. The van der Waals surface area contributed by atoms with E-state index in [0.717, 1.165) is 38.1 Å². The molecule has 84 valence electrons. The first-order valence-electron chi connectivity index (χ1n) is 6.09. The molecule has 3 rings (SSSR count). The highest BCUT2D eigenvalue weighted by Gasteiger charge is 2.15. The normalized spacial score (nSPS) is 19.8. The molecular weight excluding hydrogens is 198 g/mol. The highest BCUT2D eigenvalue weighted by molar-refractivity contribution is 5.61. The Morgan fingerprint density at radius 1 is 1.19 bits per heavy atom. The van der Waals surface area contributed by atoms with E-state index in [-0.39, 0.29) is 0 Å². The smallest absolute Gasteiger partial charge is 0.120 e. The molecule has 1 aliphatic heterocycles. The molecule has 1 saturated heterocycles. The first kappa shape index (κ1) is 9.91. The van der Waals surface area contributed by atoms with Crippen molar-refractivity contribution in [3.8, 4) is 5.75 Å². The van der Waals surface area contributed by atoms with Gasteiger partial charge in [-0.3, -0.25) is 0 Å². The summed E-state index contributed by atoms with van der Waals surface area (Å²) in [6.45, 7) is 2.16. The fraction of sp³-hybridized carbons (Fsp3) is 0.429. The second-order valence-corrected chi connectivity index (χ2v) is 4.53. The molecule has 0 bridgehead atoms. The number of benzene rings is 1. The van der Waals surface area contributed by atoms with E-state index in [1.807, 2.05) is 0 Å². The molecular formula is C14H17NO. The van der Waals surface area contributed by atoms with E-state index in [4.69, 9.17) is 4.74 Å². The van der Waals surface area contributed by atoms with Crippen LogP contribution in [0.15, 0.2) is 24.3 Å². The first-order valence-corrected chi connectivity index (χ1v) is 6.09. The molecule has 1 aromatic carbocycles. The van der Waals surface area contributed by atoms with Gasteiger partial charge in [0.15, 0.2) is 0 Å². The Morgan fingerprint density at radius 2 is 2.06 bits per heavy atom. The molecule has 0 spiro atoms. The number of rotatable bonds is 2. The Kier molecular flexibility index (Phi) is 2.66. The minimum absolute atomic E-state index is 0.393. The molecule has 0 saturated carbocycles. The van der Waals surface area contributed by atoms with Gasteiger partial charge >= 0.3 is 0 Å². The van der Waals surface area contributed by atoms with E-state index in [0.29, 0.717) is 6.10 Å². The average Bonchev–Trinajstić information content (AvgIpc) is 2.77. The maximum absolute atomic E-state index is 6.01. The lowest BCUT2D eigenvalue weighted by atomic mass is 10.1. The molecule has 2 aliphatic rings. The number of hydrogen-bond donors (Lipinski definition) is 1. The van der Waals surface area contributed by atoms with Gasteiger partial charge in [0.1, 0.15) is 11.9 Å². The lowest BCUT2D eigenvalue weighted by Crippen LogP contribution is -2.34. The number of nitrogens with one attached hydrogen (secondary N) is 1. The summed E-state index contributed by atoms with van der Waals surface area (Å²) in [6, 6.07) is 6.46. The lowest BCUT2D eigenvalue weighted by molar-refractivity contribution is 0.162. The molecule has 0 radical (unpaired) electrons. The van der Waals surface area contributed by atoms with Crippen molar-refractivity contribution >= 4 is 6.08 Å². The quantitative estimate of drug-likeness (QED) is 0.818. The van der Waals surface area contributed by atoms with Crippen molar-refractivity contribution in [3.63, 3.8) is 0 Å². The summed E-state index contributed by atoms with van der Waals surface area (Å²) in [6.07, 6.45) is 8.09. The maximum Gasteiger partial charge on any atom is 0.120 e. The molecule has 1 aliphatic carbocycles. The topological polar surface area (TPSA) is 21.3 Å². The molecule has 2 nitrogen and oxygen atoms in total. The third-order valence-electron chi connectivity index (χ3n) is 3.34. The van der Waals surface area contributed by atoms with E-state index in [1.165, 1.54) is 11.1 Å². The highest BCUT2D eigenvalue weighted by Crippen LogP contribution is 2.25. The van der Waals surface area contributed by atoms with Crippen LogP contribution in [0.4, 0.5) is 0 Å². The van der Waals surface area contributed by atoms with Crippen LogP contribution in [0.5, 0.6) is 5.75 Å². The zero-order chi connectivity index (χ0) is 10.8. The van der Waals surface area contributed by atoms with E-state index < -0.39 is 0 Å². The molecule has 2 heteroatoms. The maximum atomic E-state index is 6.01. The molecule has 16 heavy (non-hydrogen) atoms. The SMILES string of the molecule is C1=Cc2cc(OC3CCNCC3)ccc2C1. The lowest BCUT2D eigenvalue weighted by Gasteiger charge is -2.24. The van der Waals surface area contributed by atoms with Gasteiger partial charge in [-0.1, -0.05) is 18.2 Å². The van der Waals surface area contributed by atoms with Crippen molar-refractivity contribution in [2.45, 2.75) is 25.4 Å². The van der Waals surface area contributed by atoms with Gasteiger partial charge in [0.25, 0.3) is 0 Å². The number of ether oxygens (including phenoxy) is 1. The van der Waals surface area contributed by atoms with E-state index in [2.05, 4.69) is 35.7 Å². The Labute approximate surface area is 96.3 Å². The molecule has 0 amide bonds. The van der Waals surface area contributed by atoms with Crippen LogP contribution in [-0.4, -0.2) is 19.2 Å². The van der Waals surface area contributed by atoms with Gasteiger partial charge in [0, 0.05) is 0 Å². The third-order valence-corrected chi connectivity index (χ3v) is 3.34. The number of allylic oxidation sites excluding steroid dienone is 1. The predicted octanol–water partition coefficient (Wildman–Crippen LogP) is 2.39. The minimum Gasteiger partial charge on any atom is -0.490 e. The number of piperidine rings is 1. The molecule has 0 atom stereocenters. The largest absolute Gasteiger partial charge is 0.490 e. The predicted molar refractivity (Wildman–Crippen MR) is 65.7 cm³/mol. The minimum atomic E-state index is 0.393. The van der Waals surface area contributed by atoms with Crippen molar-refractivity contribution < 1.29 is 4.74 Å². The molecule has 1 N–H and O–H groups in total. The van der Waals surface area contributed by atoms with Crippen molar-refractivity contribution in [2.75, 3.05) is 13.1 Å². The second kappa shape index (κ2) is 4.30. The van der Waals surface area contributed by atoms with Crippen LogP contribution in [0.2, 0.25) is 0 Å². The second-order valence-electron chi connectivity index (χ2n) is 4.53. The van der Waals surface area contributed by atoms with Crippen molar-refractivity contribution in [1.29, 1.82) is 0 Å². The first-order chi connectivity index (χ1) is 7.92. The van der Waals surface area contributed by atoms with Crippen LogP contribution in [0.3, 0.4) is 0 Å². The molecule has 1 heterocycles. The van der Waals surface area contributed by atoms with E-state index in [9.17, 15) is 0 Å². The molecule has 0 aromatic heterocycles. The summed E-state index contributed by atoms with van der Waals surface area (Å²) in [5.41, 5.74) is 2.74. The van der Waals surface area contributed by atoms with Crippen LogP contribution >= 0.6 is 0 Å². The fourth-order valence-electron chi connectivity index (χ4n) is 2.41. The van der Waals surface area contributed by atoms with Gasteiger partial charge in [-0.2, -0.15) is 0 Å². The molecule has 0 unspecified atom stereocenters. The van der Waals surface area contributed by atoms with E-state index in [1.54, 1.807) is 0 Å². The average molecular weight is 215 g/mol. The van der Waals surface area contributed by atoms with Gasteiger partial charge in [0.05, 0.1) is 0 Å². The Hall–Kier alpha value is -1.28. The number of fused-ring (bicyclic) bond motifs is 1. The van der Waals surface area contributed by atoms with Gasteiger partial charge in [0.2, 0.25) is 0 Å². The summed E-state index contributed by atoms with van der Waals surface area (Å²) in [4.78, 5) is 0. The third kappa shape index (κ3) is 1.98. The van der Waals surface area contributed by atoms with Crippen LogP contribution in [0.1, 0.15) is 24.0 Å². The molecule has 1 aromatic rings. The zero-order valence-electron chi connectivity index (χ0n) is 9.41. The van der Waals surface area contributed by atoms with Gasteiger partial charge < -0.3 is 10.1 Å². The molecule has 1 fully saturated rings.